The Labute approximate surface area is 155 Å². The third-order valence-corrected chi connectivity index (χ3v) is 4.38. The summed E-state index contributed by atoms with van der Waals surface area (Å²) in [6.45, 7) is 2.65. The van der Waals surface area contributed by atoms with E-state index in [1.165, 1.54) is 6.42 Å². The Morgan fingerprint density at radius 3 is 2.48 bits per heavy atom. The number of benzene rings is 2. The van der Waals surface area contributed by atoms with Gasteiger partial charge in [-0.1, -0.05) is 18.2 Å². The molecule has 0 aromatic heterocycles. The third kappa shape index (κ3) is 5.21. The van der Waals surface area contributed by atoms with Crippen molar-refractivity contribution in [2.24, 2.45) is 5.92 Å². The number of ether oxygens (including phenoxy) is 1. The van der Waals surface area contributed by atoms with E-state index in [0.717, 1.165) is 43.1 Å². The monoisotopic (exact) mass is 360 g/mol. The SMILES string of the molecule is CNCC1CCCN(C(=O)c2ccc(Oc3ccccc3)cc2)C1.Cl. The van der Waals surface area contributed by atoms with E-state index in [2.05, 4.69) is 5.32 Å². The highest BCUT2D eigenvalue weighted by atomic mass is 35.5. The zero-order chi connectivity index (χ0) is 16.8. The van der Waals surface area contributed by atoms with Crippen LogP contribution in [-0.2, 0) is 0 Å². The summed E-state index contributed by atoms with van der Waals surface area (Å²) in [4.78, 5) is 14.7. The molecule has 1 aliphatic rings. The van der Waals surface area contributed by atoms with Crippen molar-refractivity contribution in [1.82, 2.24) is 10.2 Å². The zero-order valence-electron chi connectivity index (χ0n) is 14.5. The average molecular weight is 361 g/mol. The van der Waals surface area contributed by atoms with Crippen LogP contribution in [-0.4, -0.2) is 37.5 Å². The number of halogens is 1. The average Bonchev–Trinajstić information content (AvgIpc) is 2.63. The number of hydrogen-bond acceptors (Lipinski definition) is 3. The Hall–Kier alpha value is -2.04. The standard InChI is InChI=1S/C20H24N2O2.ClH/c1-21-14-16-6-5-13-22(15-16)20(23)17-9-11-19(12-10-17)24-18-7-3-2-4-8-18;/h2-4,7-12,16,21H,5-6,13-15H2,1H3;1H. The van der Waals surface area contributed by atoms with Gasteiger partial charge in [-0.3, -0.25) is 4.79 Å². The maximum atomic E-state index is 12.7. The Morgan fingerprint density at radius 2 is 1.80 bits per heavy atom. The molecule has 1 amide bonds. The first kappa shape index (κ1) is 19.3. The molecule has 1 saturated heterocycles. The molecule has 25 heavy (non-hydrogen) atoms. The molecular formula is C20H25ClN2O2. The molecule has 1 fully saturated rings. The Balaban J connectivity index is 0.00000225. The van der Waals surface area contributed by atoms with Gasteiger partial charge in [0.15, 0.2) is 0 Å². The van der Waals surface area contributed by atoms with Crippen molar-refractivity contribution in [3.8, 4) is 11.5 Å². The largest absolute Gasteiger partial charge is 0.457 e. The predicted octanol–water partition coefficient (Wildman–Crippen LogP) is 3.97. The fourth-order valence-corrected chi connectivity index (χ4v) is 3.18. The molecule has 0 aliphatic carbocycles. The lowest BCUT2D eigenvalue weighted by molar-refractivity contribution is 0.0674. The highest BCUT2D eigenvalue weighted by Gasteiger charge is 2.24. The molecule has 5 heteroatoms. The highest BCUT2D eigenvalue weighted by molar-refractivity contribution is 5.94. The normalized spacial score (nSPS) is 16.8. The Bertz CT molecular complexity index is 659. The number of likely N-dealkylation sites (tertiary alicyclic amines) is 1. The number of hydrogen-bond donors (Lipinski definition) is 1. The van der Waals surface area contributed by atoms with E-state index < -0.39 is 0 Å². The van der Waals surface area contributed by atoms with Crippen LogP contribution >= 0.6 is 12.4 Å². The predicted molar refractivity (Wildman–Crippen MR) is 103 cm³/mol. The van der Waals surface area contributed by atoms with E-state index in [0.29, 0.717) is 5.92 Å². The van der Waals surface area contributed by atoms with E-state index in [1.807, 2.05) is 66.5 Å². The van der Waals surface area contributed by atoms with Crippen LogP contribution < -0.4 is 10.1 Å². The van der Waals surface area contributed by atoms with E-state index in [9.17, 15) is 4.79 Å². The van der Waals surface area contributed by atoms with Gasteiger partial charge >= 0.3 is 0 Å². The number of para-hydroxylation sites is 1. The summed E-state index contributed by atoms with van der Waals surface area (Å²) in [6, 6.07) is 17.1. The number of piperidine rings is 1. The molecule has 2 aromatic carbocycles. The van der Waals surface area contributed by atoms with Crippen LogP contribution in [0.25, 0.3) is 0 Å². The van der Waals surface area contributed by atoms with Gasteiger partial charge in [-0.15, -0.1) is 12.4 Å². The Morgan fingerprint density at radius 1 is 1.12 bits per heavy atom. The smallest absolute Gasteiger partial charge is 0.253 e. The van der Waals surface area contributed by atoms with Crippen LogP contribution in [0.1, 0.15) is 23.2 Å². The van der Waals surface area contributed by atoms with Gasteiger partial charge in [0.1, 0.15) is 11.5 Å². The van der Waals surface area contributed by atoms with Crippen molar-refractivity contribution in [3.05, 3.63) is 60.2 Å². The number of rotatable bonds is 5. The lowest BCUT2D eigenvalue weighted by atomic mass is 9.97. The summed E-state index contributed by atoms with van der Waals surface area (Å²) >= 11 is 0. The molecule has 3 rings (SSSR count). The molecule has 1 aliphatic heterocycles. The van der Waals surface area contributed by atoms with Crippen molar-refractivity contribution in [2.75, 3.05) is 26.7 Å². The van der Waals surface area contributed by atoms with E-state index in [1.54, 1.807) is 0 Å². The van der Waals surface area contributed by atoms with Crippen LogP contribution in [0.3, 0.4) is 0 Å². The molecule has 0 bridgehead atoms. The minimum absolute atomic E-state index is 0. The summed E-state index contributed by atoms with van der Waals surface area (Å²) in [6.07, 6.45) is 2.27. The summed E-state index contributed by atoms with van der Waals surface area (Å²) in [7, 11) is 1.96. The zero-order valence-corrected chi connectivity index (χ0v) is 15.3. The molecular weight excluding hydrogens is 336 g/mol. The van der Waals surface area contributed by atoms with Crippen molar-refractivity contribution in [2.45, 2.75) is 12.8 Å². The lowest BCUT2D eigenvalue weighted by Crippen LogP contribution is -2.42. The number of carbonyl (C=O) groups excluding carboxylic acids is 1. The van der Waals surface area contributed by atoms with Crippen LogP contribution in [0.4, 0.5) is 0 Å². The molecule has 2 aromatic rings. The van der Waals surface area contributed by atoms with Crippen LogP contribution in [0, 0.1) is 5.92 Å². The number of nitrogens with one attached hydrogen (secondary N) is 1. The van der Waals surface area contributed by atoms with Gasteiger partial charge in [-0.2, -0.15) is 0 Å². The quantitative estimate of drug-likeness (QED) is 0.877. The lowest BCUT2D eigenvalue weighted by Gasteiger charge is -2.32. The first-order chi connectivity index (χ1) is 11.8. The van der Waals surface area contributed by atoms with E-state index in [-0.39, 0.29) is 18.3 Å². The number of nitrogens with zero attached hydrogens (tertiary/aromatic N) is 1. The fourth-order valence-electron chi connectivity index (χ4n) is 3.18. The molecule has 1 N–H and O–H groups in total. The maximum absolute atomic E-state index is 12.7. The maximum Gasteiger partial charge on any atom is 0.253 e. The van der Waals surface area contributed by atoms with Gasteiger partial charge in [-0.25, -0.2) is 0 Å². The van der Waals surface area contributed by atoms with E-state index >= 15 is 0 Å². The van der Waals surface area contributed by atoms with Gasteiger partial charge in [0.05, 0.1) is 0 Å². The summed E-state index contributed by atoms with van der Waals surface area (Å²) in [5, 5.41) is 3.21. The van der Waals surface area contributed by atoms with E-state index in [4.69, 9.17) is 4.74 Å². The van der Waals surface area contributed by atoms with Gasteiger partial charge < -0.3 is 15.0 Å². The minimum Gasteiger partial charge on any atom is -0.457 e. The van der Waals surface area contributed by atoms with Gasteiger partial charge in [0.2, 0.25) is 0 Å². The third-order valence-electron chi connectivity index (χ3n) is 4.38. The van der Waals surface area contributed by atoms with Crippen molar-refractivity contribution >= 4 is 18.3 Å². The summed E-state index contributed by atoms with van der Waals surface area (Å²) in [5.41, 5.74) is 0.723. The van der Waals surface area contributed by atoms with Gasteiger partial charge in [-0.05, 0) is 68.8 Å². The Kier molecular flexibility index (Phi) is 7.29. The second-order valence-electron chi connectivity index (χ2n) is 6.26. The van der Waals surface area contributed by atoms with Crippen LogP contribution in [0.15, 0.2) is 54.6 Å². The molecule has 1 unspecified atom stereocenters. The molecule has 0 spiro atoms. The van der Waals surface area contributed by atoms with Crippen molar-refractivity contribution < 1.29 is 9.53 Å². The number of amides is 1. The molecule has 134 valence electrons. The van der Waals surface area contributed by atoms with Crippen LogP contribution in [0.5, 0.6) is 11.5 Å². The van der Waals surface area contributed by atoms with Crippen molar-refractivity contribution in [3.63, 3.8) is 0 Å². The molecule has 1 atom stereocenters. The second-order valence-corrected chi connectivity index (χ2v) is 6.26. The minimum atomic E-state index is 0. The summed E-state index contributed by atoms with van der Waals surface area (Å²) < 4.78 is 5.77. The molecule has 1 heterocycles. The second kappa shape index (κ2) is 9.44. The van der Waals surface area contributed by atoms with Crippen molar-refractivity contribution in [1.29, 1.82) is 0 Å². The fraction of sp³-hybridized carbons (Fsp3) is 0.350. The number of carbonyl (C=O) groups is 1. The molecule has 0 saturated carbocycles. The summed E-state index contributed by atoms with van der Waals surface area (Å²) in [5.74, 6) is 2.20. The first-order valence-electron chi connectivity index (χ1n) is 8.53. The van der Waals surface area contributed by atoms with Gasteiger partial charge in [0, 0.05) is 18.7 Å². The highest BCUT2D eigenvalue weighted by Crippen LogP contribution is 2.23. The van der Waals surface area contributed by atoms with Crippen LogP contribution in [0.2, 0.25) is 0 Å². The molecule has 4 nitrogen and oxygen atoms in total. The van der Waals surface area contributed by atoms with Gasteiger partial charge in [0.25, 0.3) is 5.91 Å². The topological polar surface area (TPSA) is 41.6 Å². The molecule has 0 radical (unpaired) electrons. The first-order valence-corrected chi connectivity index (χ1v) is 8.53.